The molecule has 1 N–H and O–H groups in total. The molecule has 1 fully saturated rings. The van der Waals surface area contributed by atoms with E-state index in [1.54, 1.807) is 0 Å². The molecule has 3 aromatic rings. The van der Waals surface area contributed by atoms with Gasteiger partial charge in [0.05, 0.1) is 11.0 Å². The summed E-state index contributed by atoms with van der Waals surface area (Å²) in [5.41, 5.74) is 3.86. The molecule has 5 heteroatoms. The molecule has 4 rings (SSSR count). The number of H-pyrrole nitrogens is 1. The SMILES string of the molecule is Cc1ccc(C(=O)C2CCN(C(=O)CCc3nc4ccccc4[nH]3)CC2)cc1. The van der Waals surface area contributed by atoms with Crippen molar-refractivity contribution >= 4 is 22.7 Å². The van der Waals surface area contributed by atoms with Gasteiger partial charge in [0.25, 0.3) is 0 Å². The standard InChI is InChI=1S/C23H25N3O2/c1-16-6-8-17(9-7-16)23(28)18-12-14-26(15-13-18)22(27)11-10-21-24-19-4-2-3-5-20(19)25-21/h2-9,18H,10-15H2,1H3,(H,24,25). The van der Waals surface area contributed by atoms with Gasteiger partial charge in [-0.2, -0.15) is 0 Å². The monoisotopic (exact) mass is 375 g/mol. The fourth-order valence-electron chi connectivity index (χ4n) is 3.85. The van der Waals surface area contributed by atoms with Gasteiger partial charge >= 0.3 is 0 Å². The fourth-order valence-corrected chi connectivity index (χ4v) is 3.85. The number of aromatic nitrogens is 2. The van der Waals surface area contributed by atoms with Crippen molar-refractivity contribution in [2.45, 2.75) is 32.6 Å². The second-order valence-electron chi connectivity index (χ2n) is 7.59. The summed E-state index contributed by atoms with van der Waals surface area (Å²) in [4.78, 5) is 34.9. The van der Waals surface area contributed by atoms with Crippen molar-refractivity contribution in [3.8, 4) is 0 Å². The van der Waals surface area contributed by atoms with Crippen molar-refractivity contribution in [1.82, 2.24) is 14.9 Å². The minimum atomic E-state index is 0.0159. The molecule has 2 aromatic carbocycles. The van der Waals surface area contributed by atoms with Crippen LogP contribution in [0.2, 0.25) is 0 Å². The number of para-hydroxylation sites is 2. The van der Waals surface area contributed by atoms with E-state index in [1.807, 2.05) is 60.4 Å². The first-order valence-corrected chi connectivity index (χ1v) is 9.92. The van der Waals surface area contributed by atoms with Crippen molar-refractivity contribution in [3.63, 3.8) is 0 Å². The highest BCUT2D eigenvalue weighted by molar-refractivity contribution is 5.98. The maximum atomic E-state index is 12.7. The van der Waals surface area contributed by atoms with Crippen LogP contribution in [0.4, 0.5) is 0 Å². The van der Waals surface area contributed by atoms with Crippen molar-refractivity contribution in [1.29, 1.82) is 0 Å². The summed E-state index contributed by atoms with van der Waals surface area (Å²) >= 11 is 0. The predicted octanol–water partition coefficient (Wildman–Crippen LogP) is 3.93. The lowest BCUT2D eigenvalue weighted by Gasteiger charge is -2.31. The summed E-state index contributed by atoms with van der Waals surface area (Å²) < 4.78 is 0. The summed E-state index contributed by atoms with van der Waals surface area (Å²) in [6.07, 6.45) is 2.53. The number of carbonyl (C=O) groups excluding carboxylic acids is 2. The van der Waals surface area contributed by atoms with Crippen LogP contribution in [0.5, 0.6) is 0 Å². The number of likely N-dealkylation sites (tertiary alicyclic amines) is 1. The van der Waals surface area contributed by atoms with Crippen LogP contribution in [0.15, 0.2) is 48.5 Å². The Morgan fingerprint density at radius 2 is 1.79 bits per heavy atom. The first-order chi connectivity index (χ1) is 13.6. The van der Waals surface area contributed by atoms with Crippen LogP contribution >= 0.6 is 0 Å². The number of ketones is 1. The number of hydrogen-bond donors (Lipinski definition) is 1. The topological polar surface area (TPSA) is 66.1 Å². The van der Waals surface area contributed by atoms with Crippen molar-refractivity contribution in [2.75, 3.05) is 13.1 Å². The first-order valence-electron chi connectivity index (χ1n) is 9.92. The lowest BCUT2D eigenvalue weighted by atomic mass is 9.88. The summed E-state index contributed by atoms with van der Waals surface area (Å²) in [5.74, 6) is 1.21. The molecule has 1 aliphatic rings. The van der Waals surface area contributed by atoms with E-state index in [4.69, 9.17) is 0 Å². The molecule has 2 heterocycles. The third-order valence-corrected chi connectivity index (χ3v) is 5.57. The number of nitrogens with zero attached hydrogens (tertiary/aromatic N) is 2. The van der Waals surface area contributed by atoms with Crippen LogP contribution in [0.25, 0.3) is 11.0 Å². The summed E-state index contributed by atoms with van der Waals surface area (Å²) in [5, 5.41) is 0. The zero-order valence-electron chi connectivity index (χ0n) is 16.1. The molecule has 0 atom stereocenters. The maximum Gasteiger partial charge on any atom is 0.223 e. The number of benzene rings is 2. The fraction of sp³-hybridized carbons (Fsp3) is 0.348. The third-order valence-electron chi connectivity index (χ3n) is 5.57. The first kappa shape index (κ1) is 18.4. The van der Waals surface area contributed by atoms with Gasteiger partial charge in [-0.3, -0.25) is 9.59 Å². The molecular weight excluding hydrogens is 350 g/mol. The van der Waals surface area contributed by atoms with Gasteiger partial charge in [0.2, 0.25) is 5.91 Å². The van der Waals surface area contributed by atoms with Gasteiger partial charge in [-0.1, -0.05) is 42.0 Å². The molecule has 28 heavy (non-hydrogen) atoms. The summed E-state index contributed by atoms with van der Waals surface area (Å²) in [6, 6.07) is 15.6. The molecule has 0 saturated carbocycles. The normalized spacial score (nSPS) is 15.1. The number of piperidine rings is 1. The molecule has 1 amide bonds. The largest absolute Gasteiger partial charge is 0.343 e. The highest BCUT2D eigenvalue weighted by Crippen LogP contribution is 2.23. The molecule has 5 nitrogen and oxygen atoms in total. The van der Waals surface area contributed by atoms with Crippen molar-refractivity contribution in [3.05, 3.63) is 65.5 Å². The second-order valence-corrected chi connectivity index (χ2v) is 7.59. The van der Waals surface area contributed by atoms with E-state index < -0.39 is 0 Å². The van der Waals surface area contributed by atoms with E-state index in [1.165, 1.54) is 0 Å². The van der Waals surface area contributed by atoms with Crippen molar-refractivity contribution in [2.24, 2.45) is 5.92 Å². The number of aryl methyl sites for hydroxylation is 2. The summed E-state index contributed by atoms with van der Waals surface area (Å²) in [7, 11) is 0. The number of hydrogen-bond acceptors (Lipinski definition) is 3. The smallest absolute Gasteiger partial charge is 0.223 e. The predicted molar refractivity (Wildman–Crippen MR) is 109 cm³/mol. The Morgan fingerprint density at radius 3 is 2.50 bits per heavy atom. The number of Topliss-reactive ketones (excluding diaryl/α,β-unsaturated/α-hetero) is 1. The van der Waals surface area contributed by atoms with Gasteiger partial charge < -0.3 is 9.88 Å². The number of amides is 1. The Hall–Kier alpha value is -2.95. The second kappa shape index (κ2) is 7.97. The molecule has 1 aliphatic heterocycles. The van der Waals surface area contributed by atoms with Gasteiger partial charge in [0, 0.05) is 37.4 Å². The average molecular weight is 375 g/mol. The molecule has 0 radical (unpaired) electrons. The minimum absolute atomic E-state index is 0.0159. The van der Waals surface area contributed by atoms with Crippen LogP contribution in [-0.4, -0.2) is 39.6 Å². The Bertz CT molecular complexity index is 950. The van der Waals surface area contributed by atoms with Gasteiger partial charge in [-0.05, 0) is 31.9 Å². The van der Waals surface area contributed by atoms with E-state index in [9.17, 15) is 9.59 Å². The van der Waals surface area contributed by atoms with E-state index in [0.29, 0.717) is 25.9 Å². The minimum Gasteiger partial charge on any atom is -0.343 e. The Balaban J connectivity index is 1.28. The summed E-state index contributed by atoms with van der Waals surface area (Å²) in [6.45, 7) is 3.33. The van der Waals surface area contributed by atoms with E-state index >= 15 is 0 Å². The number of nitrogens with one attached hydrogen (secondary N) is 1. The Morgan fingerprint density at radius 1 is 1.07 bits per heavy atom. The molecule has 1 saturated heterocycles. The third kappa shape index (κ3) is 3.98. The molecule has 1 aromatic heterocycles. The van der Waals surface area contributed by atoms with Gasteiger partial charge in [0.15, 0.2) is 5.78 Å². The number of fused-ring (bicyclic) bond motifs is 1. The van der Waals surface area contributed by atoms with Gasteiger partial charge in [-0.25, -0.2) is 4.98 Å². The number of imidazole rings is 1. The van der Waals surface area contributed by atoms with E-state index in [-0.39, 0.29) is 17.6 Å². The Kier molecular flexibility index (Phi) is 5.24. The number of aromatic amines is 1. The zero-order valence-corrected chi connectivity index (χ0v) is 16.1. The molecule has 144 valence electrons. The van der Waals surface area contributed by atoms with Crippen LogP contribution in [0.1, 0.15) is 41.0 Å². The highest BCUT2D eigenvalue weighted by atomic mass is 16.2. The molecule has 0 bridgehead atoms. The van der Waals surface area contributed by atoms with E-state index in [0.717, 1.165) is 40.8 Å². The zero-order chi connectivity index (χ0) is 19.5. The average Bonchev–Trinajstić information content (AvgIpc) is 3.15. The van der Waals surface area contributed by atoms with Gasteiger partial charge in [-0.15, -0.1) is 0 Å². The van der Waals surface area contributed by atoms with Crippen LogP contribution < -0.4 is 0 Å². The van der Waals surface area contributed by atoms with Crippen molar-refractivity contribution < 1.29 is 9.59 Å². The Labute approximate surface area is 164 Å². The number of carbonyl (C=O) groups is 2. The van der Waals surface area contributed by atoms with Crippen LogP contribution in [-0.2, 0) is 11.2 Å². The quantitative estimate of drug-likeness (QED) is 0.687. The highest BCUT2D eigenvalue weighted by Gasteiger charge is 2.27. The van der Waals surface area contributed by atoms with E-state index in [2.05, 4.69) is 9.97 Å². The van der Waals surface area contributed by atoms with Crippen LogP contribution in [0, 0.1) is 12.8 Å². The number of rotatable bonds is 5. The lowest BCUT2D eigenvalue weighted by Crippen LogP contribution is -2.40. The van der Waals surface area contributed by atoms with Gasteiger partial charge in [0.1, 0.15) is 5.82 Å². The molecule has 0 aliphatic carbocycles. The lowest BCUT2D eigenvalue weighted by molar-refractivity contribution is -0.132. The molecular formula is C23H25N3O2. The molecule has 0 spiro atoms. The maximum absolute atomic E-state index is 12.7. The van der Waals surface area contributed by atoms with Crippen LogP contribution in [0.3, 0.4) is 0 Å². The molecule has 0 unspecified atom stereocenters.